The summed E-state index contributed by atoms with van der Waals surface area (Å²) in [6.45, 7) is 6.83. The lowest BCUT2D eigenvalue weighted by Crippen LogP contribution is -2.50. The molecule has 6 nitrogen and oxygen atoms in total. The number of pyridine rings is 1. The third-order valence-electron chi connectivity index (χ3n) is 3.75. The summed E-state index contributed by atoms with van der Waals surface area (Å²) in [6.07, 6.45) is 2.34. The van der Waals surface area contributed by atoms with E-state index < -0.39 is 0 Å². The van der Waals surface area contributed by atoms with Crippen LogP contribution in [0.5, 0.6) is 0 Å². The van der Waals surface area contributed by atoms with Gasteiger partial charge in [0.15, 0.2) is 5.82 Å². The molecule has 0 aromatic carbocycles. The van der Waals surface area contributed by atoms with Crippen LogP contribution < -0.4 is 15.9 Å². The van der Waals surface area contributed by atoms with Crippen LogP contribution in [0.3, 0.4) is 0 Å². The maximum Gasteiger partial charge on any atom is 0.347 e. The number of nitrogens with zero attached hydrogens (tertiary/aromatic N) is 3. The van der Waals surface area contributed by atoms with E-state index in [2.05, 4.69) is 50.6 Å². The molecule has 0 bridgehead atoms. The van der Waals surface area contributed by atoms with Crippen molar-refractivity contribution in [3.05, 3.63) is 28.3 Å². The van der Waals surface area contributed by atoms with E-state index in [0.717, 1.165) is 42.8 Å². The predicted molar refractivity (Wildman–Crippen MR) is 91.0 cm³/mol. The van der Waals surface area contributed by atoms with Gasteiger partial charge in [-0.1, -0.05) is 6.92 Å². The van der Waals surface area contributed by atoms with Gasteiger partial charge in [-0.25, -0.2) is 9.78 Å². The molecular weight excluding hydrogens is 302 g/mol. The molecule has 22 heavy (non-hydrogen) atoms. The third kappa shape index (κ3) is 3.39. The van der Waals surface area contributed by atoms with E-state index in [1.165, 1.54) is 6.38 Å². The number of aromatic nitrogens is 3. The molecule has 0 spiro atoms. The summed E-state index contributed by atoms with van der Waals surface area (Å²) >= 11 is 4.64. The first-order valence-electron chi connectivity index (χ1n) is 7.44. The molecule has 2 aromatic rings. The molecule has 3 rings (SSSR count). The second-order valence-corrected chi connectivity index (χ2v) is 5.16. The van der Waals surface area contributed by atoms with Crippen LogP contribution in [0.1, 0.15) is 19.5 Å². The topological polar surface area (TPSA) is 73.9 Å². The highest BCUT2D eigenvalue weighted by molar-refractivity contribution is 6.15. The maximum absolute atomic E-state index is 11.8. The minimum absolute atomic E-state index is 0.299. The molecule has 0 amide bonds. The van der Waals surface area contributed by atoms with E-state index in [4.69, 9.17) is 0 Å². The summed E-state index contributed by atoms with van der Waals surface area (Å²) < 4.78 is 0. The number of H-pyrrole nitrogens is 1. The van der Waals surface area contributed by atoms with Crippen molar-refractivity contribution in [1.82, 2.24) is 20.3 Å². The molecular formula is C15H22ClN5O. The zero-order valence-electron chi connectivity index (χ0n) is 13.2. The Balaban J connectivity index is 0.000000847. The Kier molecular flexibility index (Phi) is 5.74. The Bertz CT molecular complexity index is 687. The normalized spacial score (nSPS) is 18.0. The Hall–Kier alpha value is -1.66. The van der Waals surface area contributed by atoms with E-state index in [9.17, 15) is 4.79 Å². The summed E-state index contributed by atoms with van der Waals surface area (Å²) in [5, 5.41) is 3.34. The first-order valence-corrected chi connectivity index (χ1v) is 8.19. The van der Waals surface area contributed by atoms with Gasteiger partial charge in [0.2, 0.25) is 0 Å². The molecule has 1 fully saturated rings. The molecule has 0 aliphatic carbocycles. The number of alkyl halides is 1. The van der Waals surface area contributed by atoms with Gasteiger partial charge >= 0.3 is 5.69 Å². The summed E-state index contributed by atoms with van der Waals surface area (Å²) in [6, 6.07) is 4.16. The Labute approximate surface area is 134 Å². The van der Waals surface area contributed by atoms with Crippen LogP contribution in [0, 0.1) is 0 Å². The SMILES string of the molecule is CCc1ccc2[nH]c(=O)nc(N3CCNCC3C)c2n1.CCl. The van der Waals surface area contributed by atoms with Crippen molar-refractivity contribution in [3.63, 3.8) is 0 Å². The van der Waals surface area contributed by atoms with Crippen molar-refractivity contribution in [3.8, 4) is 0 Å². The average molecular weight is 324 g/mol. The number of hydrogen-bond donors (Lipinski definition) is 2. The van der Waals surface area contributed by atoms with Crippen molar-refractivity contribution in [2.75, 3.05) is 30.9 Å². The second kappa shape index (κ2) is 7.56. The van der Waals surface area contributed by atoms with Crippen LogP contribution in [0.15, 0.2) is 16.9 Å². The van der Waals surface area contributed by atoms with Crippen molar-refractivity contribution >= 4 is 28.5 Å². The number of aromatic amines is 1. The second-order valence-electron chi connectivity index (χ2n) is 5.16. The highest BCUT2D eigenvalue weighted by Gasteiger charge is 2.22. The monoisotopic (exact) mass is 323 g/mol. The minimum atomic E-state index is -0.315. The summed E-state index contributed by atoms with van der Waals surface area (Å²) in [5.41, 5.74) is 2.24. The van der Waals surface area contributed by atoms with Crippen molar-refractivity contribution in [2.24, 2.45) is 0 Å². The van der Waals surface area contributed by atoms with Crippen molar-refractivity contribution < 1.29 is 0 Å². The molecule has 1 unspecified atom stereocenters. The molecule has 3 heterocycles. The summed E-state index contributed by atoms with van der Waals surface area (Å²) in [4.78, 5) is 25.5. The smallest absolute Gasteiger partial charge is 0.347 e. The number of nitrogens with one attached hydrogen (secondary N) is 2. The van der Waals surface area contributed by atoms with Gasteiger partial charge in [0, 0.05) is 37.8 Å². The zero-order valence-corrected chi connectivity index (χ0v) is 13.9. The lowest BCUT2D eigenvalue weighted by molar-refractivity contribution is 0.497. The number of halogens is 1. The molecule has 2 N–H and O–H groups in total. The van der Waals surface area contributed by atoms with Crippen LogP contribution in [0.4, 0.5) is 5.82 Å². The highest BCUT2D eigenvalue weighted by Crippen LogP contribution is 2.22. The molecule has 1 saturated heterocycles. The molecule has 0 radical (unpaired) electrons. The van der Waals surface area contributed by atoms with Crippen LogP contribution >= 0.6 is 11.6 Å². The molecule has 0 saturated carbocycles. The third-order valence-corrected chi connectivity index (χ3v) is 3.75. The number of hydrogen-bond acceptors (Lipinski definition) is 5. The zero-order chi connectivity index (χ0) is 16.1. The fourth-order valence-corrected chi connectivity index (χ4v) is 2.62. The predicted octanol–water partition coefficient (Wildman–Crippen LogP) is 1.53. The Morgan fingerprint density at radius 3 is 2.82 bits per heavy atom. The van der Waals surface area contributed by atoms with Gasteiger partial charge in [0.25, 0.3) is 0 Å². The van der Waals surface area contributed by atoms with Gasteiger partial charge in [-0.15, -0.1) is 11.6 Å². The Morgan fingerprint density at radius 2 is 2.14 bits per heavy atom. The van der Waals surface area contributed by atoms with Crippen LogP contribution in [0.2, 0.25) is 0 Å². The standard InChI is InChI=1S/C14H19N5O.CH3Cl/c1-3-10-4-5-11-12(16-10)13(18-14(20)17-11)19-7-6-15-8-9(19)2;1-2/h4-5,9,15H,3,6-8H2,1-2H3,(H,17,18,20);1H3. The van der Waals surface area contributed by atoms with Gasteiger partial charge in [0.05, 0.1) is 5.52 Å². The number of piperazine rings is 1. The fourth-order valence-electron chi connectivity index (χ4n) is 2.62. The first-order chi connectivity index (χ1) is 10.7. The van der Waals surface area contributed by atoms with Gasteiger partial charge < -0.3 is 15.2 Å². The van der Waals surface area contributed by atoms with Gasteiger partial charge in [0.1, 0.15) is 5.52 Å². The van der Waals surface area contributed by atoms with Gasteiger partial charge in [-0.05, 0) is 25.5 Å². The maximum atomic E-state index is 11.8. The van der Waals surface area contributed by atoms with Crippen LogP contribution in [0.25, 0.3) is 11.0 Å². The lowest BCUT2D eigenvalue weighted by atomic mass is 10.2. The number of fused-ring (bicyclic) bond motifs is 1. The molecule has 1 aliphatic rings. The Morgan fingerprint density at radius 1 is 1.36 bits per heavy atom. The number of anilines is 1. The van der Waals surface area contributed by atoms with Gasteiger partial charge in [-0.2, -0.15) is 4.98 Å². The molecule has 2 aromatic heterocycles. The minimum Gasteiger partial charge on any atom is -0.349 e. The van der Waals surface area contributed by atoms with Crippen LogP contribution in [-0.2, 0) is 6.42 Å². The van der Waals surface area contributed by atoms with E-state index in [0.29, 0.717) is 11.9 Å². The first kappa shape index (κ1) is 16.7. The van der Waals surface area contributed by atoms with E-state index >= 15 is 0 Å². The molecule has 120 valence electrons. The van der Waals surface area contributed by atoms with E-state index in [1.807, 2.05) is 12.1 Å². The molecule has 7 heteroatoms. The van der Waals surface area contributed by atoms with Crippen LogP contribution in [-0.4, -0.2) is 47.0 Å². The molecule has 1 atom stereocenters. The molecule has 1 aliphatic heterocycles. The van der Waals surface area contributed by atoms with E-state index in [-0.39, 0.29) is 5.69 Å². The summed E-state index contributed by atoms with van der Waals surface area (Å²) in [5.74, 6) is 0.702. The quantitative estimate of drug-likeness (QED) is 0.820. The summed E-state index contributed by atoms with van der Waals surface area (Å²) in [7, 11) is 0. The van der Waals surface area contributed by atoms with E-state index in [1.54, 1.807) is 0 Å². The van der Waals surface area contributed by atoms with Crippen molar-refractivity contribution in [1.29, 1.82) is 0 Å². The number of aryl methyl sites for hydroxylation is 1. The fraction of sp³-hybridized carbons (Fsp3) is 0.533. The van der Waals surface area contributed by atoms with Crippen molar-refractivity contribution in [2.45, 2.75) is 26.3 Å². The lowest BCUT2D eigenvalue weighted by Gasteiger charge is -2.35. The van der Waals surface area contributed by atoms with Gasteiger partial charge in [-0.3, -0.25) is 0 Å². The highest BCUT2D eigenvalue weighted by atomic mass is 35.5. The largest absolute Gasteiger partial charge is 0.349 e. The average Bonchev–Trinajstić information content (AvgIpc) is 2.56. The number of rotatable bonds is 2.